The summed E-state index contributed by atoms with van der Waals surface area (Å²) in [7, 11) is 0. The predicted molar refractivity (Wildman–Crippen MR) is 76.8 cm³/mol. The Hall–Kier alpha value is -2.15. The number of anilines is 1. The number of aromatic carboxylic acids is 1. The molecule has 2 aromatic heterocycles. The monoisotopic (exact) mass is 290 g/mol. The molecular weight excluding hydrogens is 272 g/mol. The fourth-order valence-electron chi connectivity index (χ4n) is 2.60. The summed E-state index contributed by atoms with van der Waals surface area (Å²) < 4.78 is 7.62. The highest BCUT2D eigenvalue weighted by Gasteiger charge is 2.28. The van der Waals surface area contributed by atoms with E-state index in [1.807, 2.05) is 18.2 Å². The van der Waals surface area contributed by atoms with Crippen LogP contribution in [0.3, 0.4) is 0 Å². The van der Waals surface area contributed by atoms with Crippen molar-refractivity contribution in [3.8, 4) is 0 Å². The number of aromatic nitrogens is 3. The number of imidazole rings is 1. The van der Waals surface area contributed by atoms with Gasteiger partial charge in [0.25, 0.3) is 0 Å². The third-order valence-corrected chi connectivity index (χ3v) is 3.51. The molecule has 1 saturated heterocycles. The minimum Gasteiger partial charge on any atom is -0.477 e. The van der Waals surface area contributed by atoms with Crippen LogP contribution in [0.5, 0.6) is 0 Å². The molecule has 2 aromatic rings. The number of hydrogen-bond acceptors (Lipinski definition) is 5. The normalized spacial score (nSPS) is 18.7. The lowest BCUT2D eigenvalue weighted by atomic mass is 10.1. The second-order valence-electron chi connectivity index (χ2n) is 5.79. The average molecular weight is 290 g/mol. The van der Waals surface area contributed by atoms with E-state index in [-0.39, 0.29) is 11.3 Å². The van der Waals surface area contributed by atoms with Gasteiger partial charge >= 0.3 is 5.97 Å². The van der Waals surface area contributed by atoms with E-state index in [9.17, 15) is 9.90 Å². The van der Waals surface area contributed by atoms with Gasteiger partial charge in [0, 0.05) is 38.2 Å². The second kappa shape index (κ2) is 5.00. The molecule has 1 N–H and O–H groups in total. The number of carboxylic acid groups (broad SMARTS) is 1. The number of carboxylic acids is 1. The van der Waals surface area contributed by atoms with Crippen LogP contribution in [0.25, 0.3) is 5.65 Å². The summed E-state index contributed by atoms with van der Waals surface area (Å²) in [6, 6.07) is 1.48. The Morgan fingerprint density at radius 1 is 1.48 bits per heavy atom. The lowest BCUT2D eigenvalue weighted by Crippen LogP contribution is -2.39. The van der Waals surface area contributed by atoms with Gasteiger partial charge in [0.2, 0.25) is 5.95 Å². The van der Waals surface area contributed by atoms with Crippen LogP contribution in [0.4, 0.5) is 5.95 Å². The summed E-state index contributed by atoms with van der Waals surface area (Å²) in [6.45, 7) is 6.16. The van der Waals surface area contributed by atoms with Crippen LogP contribution in [-0.4, -0.2) is 50.7 Å². The highest BCUT2D eigenvalue weighted by Crippen LogP contribution is 2.22. The third kappa shape index (κ3) is 2.69. The van der Waals surface area contributed by atoms with E-state index in [0.717, 1.165) is 13.0 Å². The Kier molecular flexibility index (Phi) is 3.29. The van der Waals surface area contributed by atoms with Crippen LogP contribution < -0.4 is 4.90 Å². The smallest absolute Gasteiger partial charge is 0.354 e. The molecule has 0 saturated carbocycles. The van der Waals surface area contributed by atoms with Crippen molar-refractivity contribution in [2.24, 2.45) is 0 Å². The zero-order valence-corrected chi connectivity index (χ0v) is 12.1. The zero-order valence-electron chi connectivity index (χ0n) is 12.1. The van der Waals surface area contributed by atoms with Gasteiger partial charge in [-0.2, -0.15) is 0 Å². The molecule has 0 bridgehead atoms. The van der Waals surface area contributed by atoms with E-state index in [2.05, 4.69) is 14.9 Å². The second-order valence-corrected chi connectivity index (χ2v) is 5.79. The highest BCUT2D eigenvalue weighted by atomic mass is 16.5. The van der Waals surface area contributed by atoms with Crippen LogP contribution in [0.1, 0.15) is 30.8 Å². The van der Waals surface area contributed by atoms with Gasteiger partial charge in [0.1, 0.15) is 5.65 Å². The fourth-order valence-corrected chi connectivity index (χ4v) is 2.60. The van der Waals surface area contributed by atoms with E-state index >= 15 is 0 Å². The van der Waals surface area contributed by atoms with Crippen molar-refractivity contribution in [2.45, 2.75) is 25.9 Å². The molecule has 0 aromatic carbocycles. The molecule has 7 nitrogen and oxygen atoms in total. The Morgan fingerprint density at radius 2 is 2.29 bits per heavy atom. The van der Waals surface area contributed by atoms with E-state index in [0.29, 0.717) is 24.7 Å². The molecule has 3 rings (SSSR count). The Bertz CT molecular complexity index is 680. The maximum absolute atomic E-state index is 11.3. The van der Waals surface area contributed by atoms with Crippen LogP contribution in [0.15, 0.2) is 18.5 Å². The molecule has 1 fully saturated rings. The molecule has 0 spiro atoms. The van der Waals surface area contributed by atoms with Crippen molar-refractivity contribution in [1.29, 1.82) is 0 Å². The van der Waals surface area contributed by atoms with Crippen LogP contribution in [0.2, 0.25) is 0 Å². The first-order chi connectivity index (χ1) is 9.96. The lowest BCUT2D eigenvalue weighted by molar-refractivity contribution is -0.00155. The lowest BCUT2D eigenvalue weighted by Gasteiger charge is -2.30. The molecule has 0 unspecified atom stereocenters. The number of carbonyl (C=O) groups is 1. The summed E-state index contributed by atoms with van der Waals surface area (Å²) >= 11 is 0. The fraction of sp³-hybridized carbons (Fsp3) is 0.500. The number of hydrogen-bond donors (Lipinski definition) is 1. The first kappa shape index (κ1) is 13.8. The molecule has 0 aliphatic carbocycles. The number of fused-ring (bicyclic) bond motifs is 1. The molecular formula is C14H18N4O3. The van der Waals surface area contributed by atoms with Gasteiger partial charge in [-0.1, -0.05) is 0 Å². The summed E-state index contributed by atoms with van der Waals surface area (Å²) in [4.78, 5) is 21.8. The molecule has 0 radical (unpaired) electrons. The minimum atomic E-state index is -1.05. The van der Waals surface area contributed by atoms with Crippen molar-refractivity contribution in [3.05, 3.63) is 24.2 Å². The quantitative estimate of drug-likeness (QED) is 0.901. The van der Waals surface area contributed by atoms with E-state index in [1.54, 1.807) is 12.4 Å². The van der Waals surface area contributed by atoms with Crippen LogP contribution in [0, 0.1) is 0 Å². The van der Waals surface area contributed by atoms with Gasteiger partial charge in [0.15, 0.2) is 5.69 Å². The maximum Gasteiger partial charge on any atom is 0.354 e. The van der Waals surface area contributed by atoms with Gasteiger partial charge in [-0.3, -0.25) is 4.40 Å². The van der Waals surface area contributed by atoms with Crippen molar-refractivity contribution < 1.29 is 14.6 Å². The Morgan fingerprint density at radius 3 is 3.05 bits per heavy atom. The molecule has 7 heteroatoms. The molecule has 0 atom stereocenters. The highest BCUT2D eigenvalue weighted by molar-refractivity contribution is 5.87. The third-order valence-electron chi connectivity index (χ3n) is 3.51. The van der Waals surface area contributed by atoms with E-state index in [1.165, 1.54) is 6.07 Å². The maximum atomic E-state index is 11.3. The topological polar surface area (TPSA) is 80.0 Å². The van der Waals surface area contributed by atoms with E-state index in [4.69, 9.17) is 4.74 Å². The van der Waals surface area contributed by atoms with Crippen molar-refractivity contribution >= 4 is 17.6 Å². The van der Waals surface area contributed by atoms with Crippen molar-refractivity contribution in [2.75, 3.05) is 24.6 Å². The van der Waals surface area contributed by atoms with Gasteiger partial charge in [-0.05, 0) is 20.3 Å². The molecule has 0 amide bonds. The summed E-state index contributed by atoms with van der Waals surface area (Å²) in [5, 5.41) is 9.22. The standard InChI is InChI=1S/C14H18N4O3/c1-14(2)9-17(5-3-7-21-14)13-16-10(12(19)20)8-11-15-4-6-18(11)13/h4,6,8H,3,5,7,9H2,1-2H3,(H,19,20). The minimum absolute atomic E-state index is 0.00618. The number of ether oxygens (including phenoxy) is 1. The summed E-state index contributed by atoms with van der Waals surface area (Å²) in [5.41, 5.74) is 0.289. The number of nitrogens with zero attached hydrogens (tertiary/aromatic N) is 4. The Labute approximate surface area is 122 Å². The number of rotatable bonds is 2. The molecule has 3 heterocycles. The van der Waals surface area contributed by atoms with Gasteiger partial charge in [-0.15, -0.1) is 0 Å². The average Bonchev–Trinajstić information content (AvgIpc) is 2.81. The van der Waals surface area contributed by atoms with Crippen LogP contribution in [-0.2, 0) is 4.74 Å². The van der Waals surface area contributed by atoms with E-state index < -0.39 is 5.97 Å². The summed E-state index contributed by atoms with van der Waals surface area (Å²) in [6.07, 6.45) is 4.31. The first-order valence-corrected chi connectivity index (χ1v) is 6.93. The summed E-state index contributed by atoms with van der Waals surface area (Å²) in [5.74, 6) is -0.451. The molecule has 112 valence electrons. The molecule has 21 heavy (non-hydrogen) atoms. The molecule has 1 aliphatic heterocycles. The molecule has 1 aliphatic rings. The SMILES string of the molecule is CC1(C)CN(c2nc(C(=O)O)cc3nccn23)CCCO1. The first-order valence-electron chi connectivity index (χ1n) is 6.93. The van der Waals surface area contributed by atoms with Crippen LogP contribution >= 0.6 is 0 Å². The van der Waals surface area contributed by atoms with Gasteiger partial charge < -0.3 is 14.7 Å². The predicted octanol–water partition coefficient (Wildman–Crippen LogP) is 1.43. The van der Waals surface area contributed by atoms with Crippen molar-refractivity contribution in [1.82, 2.24) is 14.4 Å². The Balaban J connectivity index is 2.09. The van der Waals surface area contributed by atoms with Crippen molar-refractivity contribution in [3.63, 3.8) is 0 Å². The zero-order chi connectivity index (χ0) is 15.0. The van der Waals surface area contributed by atoms with Gasteiger partial charge in [0.05, 0.1) is 5.60 Å². The van der Waals surface area contributed by atoms with Gasteiger partial charge in [-0.25, -0.2) is 14.8 Å². The largest absolute Gasteiger partial charge is 0.477 e.